The van der Waals surface area contributed by atoms with Crippen molar-refractivity contribution in [2.24, 2.45) is 0 Å². The number of rotatable bonds is 9. The van der Waals surface area contributed by atoms with Gasteiger partial charge in [0.1, 0.15) is 29.1 Å². The second kappa shape index (κ2) is 10.5. The summed E-state index contributed by atoms with van der Waals surface area (Å²) in [6.07, 6.45) is 5.40. The molecule has 2 atom stereocenters. The van der Waals surface area contributed by atoms with Gasteiger partial charge in [0.15, 0.2) is 0 Å². The van der Waals surface area contributed by atoms with Crippen LogP contribution in [-0.2, 0) is 22.6 Å². The quantitative estimate of drug-likeness (QED) is 0.173. The summed E-state index contributed by atoms with van der Waals surface area (Å²) in [5, 5.41) is 11.4. The number of aliphatic hydroxyl groups is 1. The number of carbonyl (C=O) groups is 2. The molecule has 0 saturated carbocycles. The van der Waals surface area contributed by atoms with Crippen LogP contribution in [0.25, 0.3) is 5.76 Å². The Hall–Kier alpha value is -4.00. The lowest BCUT2D eigenvalue weighted by atomic mass is 9.94. The summed E-state index contributed by atoms with van der Waals surface area (Å²) in [6.45, 7) is 4.80. The Morgan fingerprint density at radius 3 is 2.76 bits per heavy atom. The van der Waals surface area contributed by atoms with Crippen molar-refractivity contribution < 1.29 is 28.6 Å². The van der Waals surface area contributed by atoms with Crippen LogP contribution in [0.1, 0.15) is 61.6 Å². The summed E-state index contributed by atoms with van der Waals surface area (Å²) in [6, 6.07) is 15.4. The fourth-order valence-corrected chi connectivity index (χ4v) is 5.00. The number of carbonyl (C=O) groups excluding carboxylic acids is 2. The maximum absolute atomic E-state index is 13.4. The first-order valence-electron chi connectivity index (χ1n) is 12.8. The van der Waals surface area contributed by atoms with E-state index in [1.54, 1.807) is 24.3 Å². The van der Waals surface area contributed by atoms with Crippen LogP contribution in [0.5, 0.6) is 11.5 Å². The number of furan rings is 1. The van der Waals surface area contributed by atoms with Gasteiger partial charge in [0, 0.05) is 12.0 Å². The third-order valence-corrected chi connectivity index (χ3v) is 6.81. The highest BCUT2D eigenvalue weighted by Crippen LogP contribution is 2.42. The molecule has 3 heterocycles. The number of aliphatic hydroxyl groups excluding tert-OH is 1. The minimum Gasteiger partial charge on any atom is -0.507 e. The van der Waals surface area contributed by atoms with E-state index in [4.69, 9.17) is 13.9 Å². The van der Waals surface area contributed by atoms with Crippen molar-refractivity contribution in [1.82, 2.24) is 4.90 Å². The maximum atomic E-state index is 13.4. The molecule has 7 heteroatoms. The zero-order valence-corrected chi connectivity index (χ0v) is 21.1. The van der Waals surface area contributed by atoms with Crippen LogP contribution in [0.15, 0.2) is 70.9 Å². The number of nitrogens with zero attached hydrogens (tertiary/aromatic N) is 1. The fourth-order valence-electron chi connectivity index (χ4n) is 5.00. The molecule has 1 N–H and O–H groups in total. The van der Waals surface area contributed by atoms with E-state index in [2.05, 4.69) is 6.92 Å². The van der Waals surface area contributed by atoms with Gasteiger partial charge in [-0.15, -0.1) is 0 Å². The Morgan fingerprint density at radius 2 is 1.97 bits per heavy atom. The molecule has 1 aromatic heterocycles. The van der Waals surface area contributed by atoms with Gasteiger partial charge in [-0.25, -0.2) is 0 Å². The summed E-state index contributed by atoms with van der Waals surface area (Å²) < 4.78 is 17.2. The van der Waals surface area contributed by atoms with Gasteiger partial charge < -0.3 is 23.9 Å². The molecule has 0 bridgehead atoms. The number of benzene rings is 2. The topological polar surface area (TPSA) is 89.2 Å². The average molecular weight is 502 g/mol. The molecule has 1 amide bonds. The van der Waals surface area contributed by atoms with Gasteiger partial charge in [-0.3, -0.25) is 9.59 Å². The van der Waals surface area contributed by atoms with Crippen molar-refractivity contribution in [2.75, 3.05) is 6.61 Å². The molecule has 0 aliphatic carbocycles. The number of Topliss-reactive ketones (excluding diaryl/α,β-unsaturated/α-hetero) is 1. The van der Waals surface area contributed by atoms with E-state index in [9.17, 15) is 14.7 Å². The van der Waals surface area contributed by atoms with Crippen LogP contribution in [0.4, 0.5) is 0 Å². The molecule has 2 aliphatic heterocycles. The van der Waals surface area contributed by atoms with E-state index in [1.165, 1.54) is 11.2 Å². The zero-order chi connectivity index (χ0) is 25.9. The first kappa shape index (κ1) is 24.7. The van der Waals surface area contributed by atoms with Crippen LogP contribution in [0, 0.1) is 0 Å². The van der Waals surface area contributed by atoms with Crippen LogP contribution in [0.2, 0.25) is 0 Å². The van der Waals surface area contributed by atoms with Crippen molar-refractivity contribution in [1.29, 1.82) is 0 Å². The molecule has 5 rings (SSSR count). The number of unbranched alkanes of at least 4 members (excludes halogenated alkanes) is 2. The number of hydrogen-bond acceptors (Lipinski definition) is 6. The van der Waals surface area contributed by atoms with Crippen molar-refractivity contribution in [3.63, 3.8) is 0 Å². The zero-order valence-electron chi connectivity index (χ0n) is 21.1. The minimum absolute atomic E-state index is 0.0475. The third kappa shape index (κ3) is 4.99. The van der Waals surface area contributed by atoms with Crippen LogP contribution in [-0.4, -0.2) is 34.4 Å². The lowest BCUT2D eigenvalue weighted by Crippen LogP contribution is -2.29. The largest absolute Gasteiger partial charge is 0.507 e. The Kier molecular flexibility index (Phi) is 7.04. The molecular weight excluding hydrogens is 470 g/mol. The lowest BCUT2D eigenvalue weighted by Gasteiger charge is -2.25. The molecule has 192 valence electrons. The summed E-state index contributed by atoms with van der Waals surface area (Å²) in [5.41, 5.74) is 2.16. The lowest BCUT2D eigenvalue weighted by molar-refractivity contribution is -0.140. The number of ketones is 1. The molecule has 0 radical (unpaired) electrons. The molecule has 0 spiro atoms. The summed E-state index contributed by atoms with van der Waals surface area (Å²) in [7, 11) is 0. The standard InChI is InChI=1S/C30H31NO6/c1-3-4-5-13-35-23-9-6-8-20(17-23)27-26(29(33)30(34)31(27)18-24-10-7-14-36-24)28(32)21-11-12-25-22(16-21)15-19(2)37-25/h6-12,14,16-17,19,27,32H,3-5,13,15,18H2,1-2H3/b28-26+/t19-,27-/m0/s1. The monoisotopic (exact) mass is 501 g/mol. The SMILES string of the molecule is CCCCCOc1cccc([C@H]2/C(=C(\O)c3ccc4c(c3)C[C@H](C)O4)C(=O)C(=O)N2Cc2ccco2)c1. The van der Waals surface area contributed by atoms with E-state index < -0.39 is 17.7 Å². The summed E-state index contributed by atoms with van der Waals surface area (Å²) in [4.78, 5) is 28.1. The molecule has 1 fully saturated rings. The van der Waals surface area contributed by atoms with Crippen LogP contribution in [0.3, 0.4) is 0 Å². The van der Waals surface area contributed by atoms with Gasteiger partial charge in [0.05, 0.1) is 31.0 Å². The molecule has 0 unspecified atom stereocenters. The number of ether oxygens (including phenoxy) is 2. The fraction of sp³-hybridized carbons (Fsp3) is 0.333. The molecule has 2 aliphatic rings. The average Bonchev–Trinajstić information content (AvgIpc) is 3.60. The first-order chi connectivity index (χ1) is 18.0. The van der Waals surface area contributed by atoms with Crippen molar-refractivity contribution in [3.05, 3.63) is 88.9 Å². The molecule has 37 heavy (non-hydrogen) atoms. The Bertz CT molecular complexity index is 1330. The predicted molar refractivity (Wildman–Crippen MR) is 138 cm³/mol. The molecule has 1 saturated heterocycles. The van der Waals surface area contributed by atoms with Crippen LogP contribution < -0.4 is 9.47 Å². The summed E-state index contributed by atoms with van der Waals surface area (Å²) in [5.74, 6) is 0.348. The van der Waals surface area contributed by atoms with Gasteiger partial charge in [0.2, 0.25) is 0 Å². The first-order valence-corrected chi connectivity index (χ1v) is 12.8. The molecular formula is C30H31NO6. The van der Waals surface area contributed by atoms with Crippen molar-refractivity contribution in [3.8, 4) is 11.5 Å². The van der Waals surface area contributed by atoms with E-state index in [-0.39, 0.29) is 24.0 Å². The van der Waals surface area contributed by atoms with Gasteiger partial charge >= 0.3 is 0 Å². The second-order valence-corrected chi connectivity index (χ2v) is 9.59. The number of fused-ring (bicyclic) bond motifs is 1. The Labute approximate surface area is 216 Å². The van der Waals surface area contributed by atoms with Gasteiger partial charge in [-0.05, 0) is 66.9 Å². The molecule has 2 aromatic carbocycles. The van der Waals surface area contributed by atoms with Crippen LogP contribution >= 0.6 is 0 Å². The van der Waals surface area contributed by atoms with E-state index >= 15 is 0 Å². The Balaban J connectivity index is 1.56. The predicted octanol–water partition coefficient (Wildman–Crippen LogP) is 5.79. The highest BCUT2D eigenvalue weighted by Gasteiger charge is 2.46. The molecule has 7 nitrogen and oxygen atoms in total. The van der Waals surface area contributed by atoms with Crippen molar-refractivity contribution >= 4 is 17.4 Å². The summed E-state index contributed by atoms with van der Waals surface area (Å²) >= 11 is 0. The third-order valence-electron chi connectivity index (χ3n) is 6.81. The Morgan fingerprint density at radius 1 is 1.11 bits per heavy atom. The van der Waals surface area contributed by atoms with E-state index in [0.29, 0.717) is 35.7 Å². The maximum Gasteiger partial charge on any atom is 0.296 e. The van der Waals surface area contributed by atoms with Gasteiger partial charge in [0.25, 0.3) is 11.7 Å². The van der Waals surface area contributed by atoms with Gasteiger partial charge in [-0.2, -0.15) is 0 Å². The van der Waals surface area contributed by atoms with Crippen molar-refractivity contribution in [2.45, 2.75) is 58.2 Å². The van der Waals surface area contributed by atoms with E-state index in [1.807, 2.05) is 37.3 Å². The molecule has 3 aromatic rings. The number of amides is 1. The minimum atomic E-state index is -0.798. The number of hydrogen-bond donors (Lipinski definition) is 1. The number of likely N-dealkylation sites (tertiary alicyclic amines) is 1. The second-order valence-electron chi connectivity index (χ2n) is 9.59. The smallest absolute Gasteiger partial charge is 0.296 e. The highest BCUT2D eigenvalue weighted by molar-refractivity contribution is 6.46. The van der Waals surface area contributed by atoms with E-state index in [0.717, 1.165) is 30.6 Å². The van der Waals surface area contributed by atoms with Gasteiger partial charge in [-0.1, -0.05) is 31.9 Å². The highest BCUT2D eigenvalue weighted by atomic mass is 16.5. The normalized spacial score (nSPS) is 20.2.